The number of aromatic carboxylic acids is 1. The number of carbonyl (C=O) groups is 1. The number of furan rings is 1. The van der Waals surface area contributed by atoms with Crippen LogP contribution in [0, 0.1) is 12.8 Å². The van der Waals surface area contributed by atoms with E-state index in [9.17, 15) is 4.79 Å². The van der Waals surface area contributed by atoms with Gasteiger partial charge in [-0.15, -0.1) is 0 Å². The Morgan fingerprint density at radius 1 is 1.50 bits per heavy atom. The Morgan fingerprint density at radius 2 is 2.25 bits per heavy atom. The Bertz CT molecular complexity index is 684. The lowest BCUT2D eigenvalue weighted by Crippen LogP contribution is -2.52. The van der Waals surface area contributed by atoms with Gasteiger partial charge in [-0.05, 0) is 50.9 Å². The molecule has 0 radical (unpaired) electrons. The van der Waals surface area contributed by atoms with Crippen LogP contribution < -0.4 is 5.32 Å². The number of fused-ring (bicyclic) bond motifs is 1. The van der Waals surface area contributed by atoms with Crippen LogP contribution in [-0.2, 0) is 5.54 Å². The molecular formula is C16H19NO3. The number of nitrogens with one attached hydrogen (secondary N) is 1. The zero-order valence-electron chi connectivity index (χ0n) is 12.0. The van der Waals surface area contributed by atoms with Crippen LogP contribution >= 0.6 is 0 Å². The predicted molar refractivity (Wildman–Crippen MR) is 77.0 cm³/mol. The molecule has 1 aromatic carbocycles. The highest BCUT2D eigenvalue weighted by Crippen LogP contribution is 2.49. The average Bonchev–Trinajstić information content (AvgIpc) is 2.76. The number of carboxylic acid groups (broad SMARTS) is 1. The molecule has 1 aromatic heterocycles. The number of benzene rings is 1. The third-order valence-electron chi connectivity index (χ3n) is 4.85. The molecule has 1 unspecified atom stereocenters. The molecule has 0 aliphatic heterocycles. The van der Waals surface area contributed by atoms with Crippen LogP contribution in [0.1, 0.15) is 41.4 Å². The molecule has 1 aliphatic rings. The van der Waals surface area contributed by atoms with Crippen molar-refractivity contribution in [2.45, 2.75) is 32.2 Å². The molecule has 1 aliphatic carbocycles. The van der Waals surface area contributed by atoms with Gasteiger partial charge in [0.1, 0.15) is 11.3 Å². The van der Waals surface area contributed by atoms with Gasteiger partial charge in [-0.3, -0.25) is 0 Å². The summed E-state index contributed by atoms with van der Waals surface area (Å²) < 4.78 is 6.05. The second-order valence-corrected chi connectivity index (χ2v) is 5.73. The Balaban J connectivity index is 2.18. The summed E-state index contributed by atoms with van der Waals surface area (Å²) in [5.41, 5.74) is 2.00. The van der Waals surface area contributed by atoms with E-state index < -0.39 is 5.97 Å². The highest BCUT2D eigenvalue weighted by atomic mass is 16.4. The van der Waals surface area contributed by atoms with E-state index in [1.807, 2.05) is 14.0 Å². The Morgan fingerprint density at radius 3 is 2.75 bits per heavy atom. The standard InChI is InChI=1S/C16H19NO3/c1-9-6-7-16(9,17-3)14-10(2)12-8-11(15(18)19)4-5-13(12)20-14/h4-5,8-9,17H,6-7H2,1-3H3,(H,18,19)/t9-,16?/m1/s1. The molecule has 1 saturated carbocycles. The molecular weight excluding hydrogens is 254 g/mol. The molecule has 0 saturated heterocycles. The minimum Gasteiger partial charge on any atom is -0.478 e. The summed E-state index contributed by atoms with van der Waals surface area (Å²) in [6.45, 7) is 4.23. The summed E-state index contributed by atoms with van der Waals surface area (Å²) >= 11 is 0. The van der Waals surface area contributed by atoms with Gasteiger partial charge in [0.15, 0.2) is 0 Å². The molecule has 4 heteroatoms. The molecule has 2 N–H and O–H groups in total. The van der Waals surface area contributed by atoms with Gasteiger partial charge in [0.05, 0.1) is 11.1 Å². The minimum absolute atomic E-state index is 0.105. The van der Waals surface area contributed by atoms with Gasteiger partial charge in [0.25, 0.3) is 0 Å². The summed E-state index contributed by atoms with van der Waals surface area (Å²) in [4.78, 5) is 11.1. The van der Waals surface area contributed by atoms with Gasteiger partial charge in [0, 0.05) is 10.9 Å². The number of carboxylic acids is 1. The van der Waals surface area contributed by atoms with E-state index in [0.717, 1.165) is 28.7 Å². The molecule has 4 nitrogen and oxygen atoms in total. The Labute approximate surface area is 117 Å². The first-order chi connectivity index (χ1) is 9.49. The van der Waals surface area contributed by atoms with Crippen molar-refractivity contribution in [1.29, 1.82) is 0 Å². The Kier molecular flexibility index (Phi) is 2.87. The van der Waals surface area contributed by atoms with Crippen molar-refractivity contribution in [2.75, 3.05) is 7.05 Å². The monoisotopic (exact) mass is 273 g/mol. The Hall–Kier alpha value is -1.81. The molecule has 106 valence electrons. The van der Waals surface area contributed by atoms with Gasteiger partial charge >= 0.3 is 5.97 Å². The fourth-order valence-electron chi connectivity index (χ4n) is 3.32. The van der Waals surface area contributed by atoms with Crippen LogP contribution in [0.4, 0.5) is 0 Å². The summed E-state index contributed by atoms with van der Waals surface area (Å²) in [7, 11) is 1.96. The lowest BCUT2D eigenvalue weighted by atomic mass is 9.65. The smallest absolute Gasteiger partial charge is 0.335 e. The number of hydrogen-bond acceptors (Lipinski definition) is 3. The zero-order valence-corrected chi connectivity index (χ0v) is 12.0. The second kappa shape index (κ2) is 4.35. The van der Waals surface area contributed by atoms with Crippen LogP contribution in [0.3, 0.4) is 0 Å². The fraction of sp³-hybridized carbons (Fsp3) is 0.438. The largest absolute Gasteiger partial charge is 0.478 e. The molecule has 20 heavy (non-hydrogen) atoms. The van der Waals surface area contributed by atoms with Crippen molar-refractivity contribution in [3.8, 4) is 0 Å². The van der Waals surface area contributed by atoms with E-state index in [4.69, 9.17) is 9.52 Å². The summed E-state index contributed by atoms with van der Waals surface area (Å²) in [6.07, 6.45) is 2.23. The first kappa shape index (κ1) is 13.2. The highest BCUT2D eigenvalue weighted by Gasteiger charge is 2.47. The molecule has 2 aromatic rings. The third-order valence-corrected chi connectivity index (χ3v) is 4.85. The SMILES string of the molecule is CNC1(c2oc3ccc(C(=O)O)cc3c2C)CC[C@H]1C. The summed E-state index contributed by atoms with van der Waals surface area (Å²) in [5.74, 6) is 0.566. The van der Waals surface area contributed by atoms with E-state index in [1.54, 1.807) is 18.2 Å². The van der Waals surface area contributed by atoms with Crippen molar-refractivity contribution in [2.24, 2.45) is 5.92 Å². The van der Waals surface area contributed by atoms with Crippen molar-refractivity contribution >= 4 is 16.9 Å². The van der Waals surface area contributed by atoms with Gasteiger partial charge in [-0.1, -0.05) is 6.92 Å². The quantitative estimate of drug-likeness (QED) is 0.900. The topological polar surface area (TPSA) is 62.5 Å². The minimum atomic E-state index is -0.908. The number of aryl methyl sites for hydroxylation is 1. The highest BCUT2D eigenvalue weighted by molar-refractivity contribution is 5.94. The maximum absolute atomic E-state index is 11.1. The van der Waals surface area contributed by atoms with E-state index in [2.05, 4.69) is 12.2 Å². The van der Waals surface area contributed by atoms with Gasteiger partial charge < -0.3 is 14.8 Å². The predicted octanol–water partition coefficient (Wildman–Crippen LogP) is 3.28. The molecule has 1 fully saturated rings. The van der Waals surface area contributed by atoms with Gasteiger partial charge in [-0.25, -0.2) is 4.79 Å². The zero-order chi connectivity index (χ0) is 14.5. The van der Waals surface area contributed by atoms with Crippen LogP contribution in [0.5, 0.6) is 0 Å². The van der Waals surface area contributed by atoms with E-state index in [-0.39, 0.29) is 5.54 Å². The lowest BCUT2D eigenvalue weighted by Gasteiger charge is -2.47. The van der Waals surface area contributed by atoms with Crippen molar-refractivity contribution in [3.63, 3.8) is 0 Å². The molecule has 0 bridgehead atoms. The molecule has 1 heterocycles. The normalized spacial score (nSPS) is 25.6. The van der Waals surface area contributed by atoms with E-state index >= 15 is 0 Å². The second-order valence-electron chi connectivity index (χ2n) is 5.73. The summed E-state index contributed by atoms with van der Waals surface area (Å²) in [6, 6.07) is 5.04. The van der Waals surface area contributed by atoms with Gasteiger partial charge in [0.2, 0.25) is 0 Å². The van der Waals surface area contributed by atoms with Crippen molar-refractivity contribution in [1.82, 2.24) is 5.32 Å². The molecule has 2 atom stereocenters. The molecule has 0 spiro atoms. The lowest BCUT2D eigenvalue weighted by molar-refractivity contribution is 0.0697. The maximum Gasteiger partial charge on any atom is 0.335 e. The van der Waals surface area contributed by atoms with Crippen LogP contribution in [0.25, 0.3) is 11.0 Å². The van der Waals surface area contributed by atoms with Crippen LogP contribution in [0.2, 0.25) is 0 Å². The fourth-order valence-corrected chi connectivity index (χ4v) is 3.32. The molecule has 3 rings (SSSR count). The number of hydrogen-bond donors (Lipinski definition) is 2. The number of rotatable bonds is 3. The first-order valence-corrected chi connectivity index (χ1v) is 6.95. The average molecular weight is 273 g/mol. The first-order valence-electron chi connectivity index (χ1n) is 6.95. The van der Waals surface area contributed by atoms with Gasteiger partial charge in [-0.2, -0.15) is 0 Å². The van der Waals surface area contributed by atoms with Crippen molar-refractivity contribution < 1.29 is 14.3 Å². The van der Waals surface area contributed by atoms with Crippen LogP contribution in [-0.4, -0.2) is 18.1 Å². The third kappa shape index (κ3) is 1.61. The summed E-state index contributed by atoms with van der Waals surface area (Å²) in [5, 5.41) is 13.4. The molecule has 0 amide bonds. The van der Waals surface area contributed by atoms with E-state index in [0.29, 0.717) is 11.5 Å². The maximum atomic E-state index is 11.1. The van der Waals surface area contributed by atoms with Crippen molar-refractivity contribution in [3.05, 3.63) is 35.1 Å². The van der Waals surface area contributed by atoms with E-state index in [1.165, 1.54) is 6.42 Å². The van der Waals surface area contributed by atoms with Crippen LogP contribution in [0.15, 0.2) is 22.6 Å².